The molecule has 1 atom stereocenters. The zero-order valence-corrected chi connectivity index (χ0v) is 25.6. The van der Waals surface area contributed by atoms with Crippen LogP contribution >= 0.6 is 0 Å². The monoisotopic (exact) mass is 618 g/mol. The molecule has 6 heteroatoms. The molecule has 1 aliphatic rings. The van der Waals surface area contributed by atoms with Gasteiger partial charge >= 0.3 is 0 Å². The van der Waals surface area contributed by atoms with Crippen LogP contribution in [0, 0.1) is 0 Å². The second-order valence-corrected chi connectivity index (χ2v) is 12.1. The van der Waals surface area contributed by atoms with Crippen molar-refractivity contribution in [2.45, 2.75) is 6.04 Å². The van der Waals surface area contributed by atoms with Crippen LogP contribution in [-0.4, -0.2) is 15.0 Å². The van der Waals surface area contributed by atoms with Crippen LogP contribution in [0.15, 0.2) is 148 Å². The SMILES string of the molecule is C1=Cc2oc3ccccc3c2C(c2nc(-c3ccc4cc(-c5ccccc5)ccc4c3)nc(-c3cccc4oc5ccccc5c34)n2)N1. The molecule has 10 rings (SSSR count). The summed E-state index contributed by atoms with van der Waals surface area (Å²) in [6.45, 7) is 0. The molecule has 226 valence electrons. The van der Waals surface area contributed by atoms with Crippen molar-refractivity contribution in [2.75, 3.05) is 0 Å². The van der Waals surface area contributed by atoms with Gasteiger partial charge in [-0.05, 0) is 58.3 Å². The van der Waals surface area contributed by atoms with Gasteiger partial charge in [0.25, 0.3) is 0 Å². The first-order valence-electron chi connectivity index (χ1n) is 16.0. The van der Waals surface area contributed by atoms with E-state index in [4.69, 9.17) is 23.8 Å². The summed E-state index contributed by atoms with van der Waals surface area (Å²) in [6.07, 6.45) is 3.86. The van der Waals surface area contributed by atoms with E-state index in [1.54, 1.807) is 0 Å². The van der Waals surface area contributed by atoms with Crippen molar-refractivity contribution in [1.29, 1.82) is 0 Å². The molecule has 1 N–H and O–H groups in total. The van der Waals surface area contributed by atoms with Gasteiger partial charge in [0.15, 0.2) is 17.5 Å². The molecule has 1 aliphatic heterocycles. The summed E-state index contributed by atoms with van der Waals surface area (Å²) in [6, 6.07) is 45.3. The second kappa shape index (κ2) is 10.5. The quantitative estimate of drug-likeness (QED) is 0.211. The van der Waals surface area contributed by atoms with Crippen LogP contribution in [0.25, 0.3) is 83.7 Å². The Morgan fingerprint density at radius 1 is 0.521 bits per heavy atom. The molecule has 4 heterocycles. The zero-order chi connectivity index (χ0) is 31.6. The molecule has 0 bridgehead atoms. The summed E-state index contributed by atoms with van der Waals surface area (Å²) in [5, 5.41) is 8.82. The molecular weight excluding hydrogens is 592 g/mol. The summed E-state index contributed by atoms with van der Waals surface area (Å²) in [5.41, 5.74) is 7.62. The number of aromatic nitrogens is 3. The topological polar surface area (TPSA) is 77.0 Å². The Morgan fingerprint density at radius 3 is 2.06 bits per heavy atom. The van der Waals surface area contributed by atoms with E-state index in [-0.39, 0.29) is 6.04 Å². The molecule has 0 fully saturated rings. The highest BCUT2D eigenvalue weighted by atomic mass is 16.3. The van der Waals surface area contributed by atoms with Gasteiger partial charge in [0.05, 0.1) is 0 Å². The fraction of sp³-hybridized carbons (Fsp3) is 0.0238. The van der Waals surface area contributed by atoms with Crippen LogP contribution < -0.4 is 5.32 Å². The molecule has 6 nitrogen and oxygen atoms in total. The summed E-state index contributed by atoms with van der Waals surface area (Å²) >= 11 is 0. The van der Waals surface area contributed by atoms with Crippen molar-refractivity contribution >= 4 is 49.8 Å². The number of nitrogens with zero attached hydrogens (tertiary/aromatic N) is 3. The minimum atomic E-state index is -0.344. The Bertz CT molecular complexity index is 2720. The normalized spacial score (nSPS) is 14.1. The number of rotatable bonds is 4. The Hall–Kier alpha value is -6.53. The van der Waals surface area contributed by atoms with Crippen LogP contribution in [0.5, 0.6) is 0 Å². The summed E-state index contributed by atoms with van der Waals surface area (Å²) in [5.74, 6) is 2.58. The molecule has 0 spiro atoms. The molecule has 0 saturated carbocycles. The molecule has 48 heavy (non-hydrogen) atoms. The van der Waals surface area contributed by atoms with Gasteiger partial charge in [0, 0.05) is 39.0 Å². The molecule has 9 aromatic rings. The van der Waals surface area contributed by atoms with Gasteiger partial charge in [-0.2, -0.15) is 0 Å². The average molecular weight is 619 g/mol. The number of nitrogens with one attached hydrogen (secondary N) is 1. The average Bonchev–Trinajstić information content (AvgIpc) is 3.73. The lowest BCUT2D eigenvalue weighted by atomic mass is 9.99. The fourth-order valence-electron chi connectivity index (χ4n) is 6.94. The van der Waals surface area contributed by atoms with Gasteiger partial charge in [0.1, 0.15) is 28.6 Å². The van der Waals surface area contributed by atoms with Crippen LogP contribution in [0.2, 0.25) is 0 Å². The highest BCUT2D eigenvalue weighted by Gasteiger charge is 2.29. The van der Waals surface area contributed by atoms with Crippen molar-refractivity contribution in [3.8, 4) is 33.9 Å². The molecule has 0 radical (unpaired) electrons. The predicted molar refractivity (Wildman–Crippen MR) is 191 cm³/mol. The first-order valence-corrected chi connectivity index (χ1v) is 16.0. The van der Waals surface area contributed by atoms with Gasteiger partial charge in [0.2, 0.25) is 0 Å². The number of furan rings is 2. The Kier molecular flexibility index (Phi) is 5.84. The van der Waals surface area contributed by atoms with Crippen molar-refractivity contribution in [3.05, 3.63) is 157 Å². The fourth-order valence-corrected chi connectivity index (χ4v) is 6.94. The maximum atomic E-state index is 6.25. The zero-order valence-electron chi connectivity index (χ0n) is 25.6. The van der Waals surface area contributed by atoms with Crippen molar-refractivity contribution in [3.63, 3.8) is 0 Å². The van der Waals surface area contributed by atoms with Gasteiger partial charge in [-0.25, -0.2) is 15.0 Å². The van der Waals surface area contributed by atoms with Crippen LogP contribution in [0.3, 0.4) is 0 Å². The summed E-state index contributed by atoms with van der Waals surface area (Å²) in [7, 11) is 0. The number of benzene rings is 6. The lowest BCUT2D eigenvalue weighted by molar-refractivity contribution is 0.574. The minimum absolute atomic E-state index is 0.344. The number of fused-ring (bicyclic) bond motifs is 7. The van der Waals surface area contributed by atoms with E-state index in [1.807, 2.05) is 66.9 Å². The van der Waals surface area contributed by atoms with Gasteiger partial charge < -0.3 is 14.2 Å². The van der Waals surface area contributed by atoms with E-state index in [9.17, 15) is 0 Å². The Morgan fingerprint density at radius 2 is 1.21 bits per heavy atom. The van der Waals surface area contributed by atoms with E-state index in [0.717, 1.165) is 66.1 Å². The molecule has 1 unspecified atom stereocenters. The first kappa shape index (κ1) is 26.7. The van der Waals surface area contributed by atoms with E-state index in [0.29, 0.717) is 17.5 Å². The lowest BCUT2D eigenvalue weighted by Crippen LogP contribution is -2.23. The summed E-state index contributed by atoms with van der Waals surface area (Å²) in [4.78, 5) is 15.5. The van der Waals surface area contributed by atoms with Crippen LogP contribution in [0.1, 0.15) is 23.2 Å². The molecule has 6 aromatic carbocycles. The summed E-state index contributed by atoms with van der Waals surface area (Å²) < 4.78 is 12.5. The number of hydrogen-bond donors (Lipinski definition) is 1. The largest absolute Gasteiger partial charge is 0.456 e. The molecule has 0 aliphatic carbocycles. The molecule has 3 aromatic heterocycles. The van der Waals surface area contributed by atoms with E-state index < -0.39 is 0 Å². The Balaban J connectivity index is 1.18. The highest BCUT2D eigenvalue weighted by molar-refractivity contribution is 6.11. The van der Waals surface area contributed by atoms with Gasteiger partial charge in [-0.15, -0.1) is 0 Å². The first-order chi connectivity index (χ1) is 23.8. The van der Waals surface area contributed by atoms with Crippen LogP contribution in [-0.2, 0) is 0 Å². The number of para-hydroxylation sites is 2. The molecule has 0 amide bonds. The van der Waals surface area contributed by atoms with E-state index >= 15 is 0 Å². The van der Waals surface area contributed by atoms with Gasteiger partial charge in [-0.3, -0.25) is 0 Å². The smallest absolute Gasteiger partial charge is 0.164 e. The van der Waals surface area contributed by atoms with Crippen LogP contribution in [0.4, 0.5) is 0 Å². The third kappa shape index (κ3) is 4.23. The molecular formula is C42H26N4O2. The maximum Gasteiger partial charge on any atom is 0.164 e. The van der Waals surface area contributed by atoms with Crippen molar-refractivity contribution in [2.24, 2.45) is 0 Å². The van der Waals surface area contributed by atoms with E-state index in [1.165, 1.54) is 11.1 Å². The van der Waals surface area contributed by atoms with Crippen molar-refractivity contribution in [1.82, 2.24) is 20.3 Å². The third-order valence-corrected chi connectivity index (χ3v) is 9.21. The maximum absolute atomic E-state index is 6.25. The number of hydrogen-bond acceptors (Lipinski definition) is 6. The highest BCUT2D eigenvalue weighted by Crippen LogP contribution is 2.39. The van der Waals surface area contributed by atoms with Gasteiger partial charge in [-0.1, -0.05) is 103 Å². The molecule has 0 saturated heterocycles. The van der Waals surface area contributed by atoms with E-state index in [2.05, 4.69) is 84.2 Å². The van der Waals surface area contributed by atoms with Crippen molar-refractivity contribution < 1.29 is 8.83 Å². The predicted octanol–water partition coefficient (Wildman–Crippen LogP) is 10.3. The third-order valence-electron chi connectivity index (χ3n) is 9.21. The minimum Gasteiger partial charge on any atom is -0.456 e. The Labute approximate surface area is 275 Å². The standard InChI is InChI=1S/C42H26N4O2/c1-2-9-25(10-3-1)26-17-18-28-24-29(20-19-27(28)23-26)40-44-41(32-13-8-16-35-37(32)30-11-4-6-14-33(30)47-35)46-42(45-40)39-38-31-12-5-7-15-34(31)48-36(38)21-22-43-39/h1-24,39,43H. The lowest BCUT2D eigenvalue weighted by Gasteiger charge is -2.20. The second-order valence-electron chi connectivity index (χ2n) is 12.1.